The molecule has 0 saturated carbocycles. The molecule has 0 aliphatic carbocycles. The summed E-state index contributed by atoms with van der Waals surface area (Å²) in [5.74, 6) is 1.11. The minimum absolute atomic E-state index is 0.00277. The van der Waals surface area contributed by atoms with Crippen molar-refractivity contribution in [1.82, 2.24) is 10.2 Å². The van der Waals surface area contributed by atoms with Gasteiger partial charge in [-0.1, -0.05) is 6.92 Å². The zero-order valence-electron chi connectivity index (χ0n) is 15.3. The molecule has 2 rings (SSSR count). The van der Waals surface area contributed by atoms with E-state index in [-0.39, 0.29) is 17.9 Å². The Morgan fingerprint density at radius 2 is 1.88 bits per heavy atom. The van der Waals surface area contributed by atoms with E-state index < -0.39 is 0 Å². The molecule has 1 unspecified atom stereocenters. The third kappa shape index (κ3) is 4.15. The summed E-state index contributed by atoms with van der Waals surface area (Å²) in [5.41, 5.74) is 0.419. The van der Waals surface area contributed by atoms with E-state index in [4.69, 9.17) is 14.2 Å². The van der Waals surface area contributed by atoms with Crippen molar-refractivity contribution in [2.24, 2.45) is 0 Å². The van der Waals surface area contributed by atoms with Crippen molar-refractivity contribution in [3.8, 4) is 17.2 Å². The lowest BCUT2D eigenvalue weighted by molar-refractivity contribution is -0.121. The molecule has 0 spiro atoms. The average Bonchev–Trinajstić information content (AvgIpc) is 2.65. The number of carbonyl (C=O) groups is 2. The van der Waals surface area contributed by atoms with Crippen molar-refractivity contribution in [3.63, 3.8) is 0 Å². The van der Waals surface area contributed by atoms with Crippen molar-refractivity contribution >= 4 is 11.8 Å². The number of rotatable bonds is 6. The van der Waals surface area contributed by atoms with Crippen LogP contribution in [0.2, 0.25) is 0 Å². The quantitative estimate of drug-likeness (QED) is 0.847. The first kappa shape index (κ1) is 18.9. The van der Waals surface area contributed by atoms with Crippen LogP contribution in [-0.2, 0) is 4.79 Å². The smallest absolute Gasteiger partial charge is 0.257 e. The van der Waals surface area contributed by atoms with E-state index in [9.17, 15) is 9.59 Å². The van der Waals surface area contributed by atoms with E-state index in [0.717, 1.165) is 12.8 Å². The van der Waals surface area contributed by atoms with Gasteiger partial charge in [-0.15, -0.1) is 0 Å². The van der Waals surface area contributed by atoms with Gasteiger partial charge in [-0.3, -0.25) is 9.59 Å². The Morgan fingerprint density at radius 1 is 1.16 bits per heavy atom. The first-order valence-corrected chi connectivity index (χ1v) is 8.43. The predicted octanol–water partition coefficient (Wildman–Crippen LogP) is 1.84. The second kappa shape index (κ2) is 8.60. The van der Waals surface area contributed by atoms with Crippen molar-refractivity contribution in [2.45, 2.75) is 32.2 Å². The molecule has 1 atom stereocenters. The number of piperidine rings is 1. The van der Waals surface area contributed by atoms with Crippen LogP contribution < -0.4 is 19.5 Å². The minimum atomic E-state index is -0.145. The fraction of sp³-hybridized carbons (Fsp3) is 0.556. The molecule has 1 aliphatic rings. The standard InChI is InChI=1S/C18H26N2O5/c1-5-15(21)19-12-7-6-10-20(11-12)18(22)13-8-9-14(23-2)17(25-4)16(13)24-3/h8-9,12H,5-7,10-11H2,1-4H3,(H,19,21). The van der Waals surface area contributed by atoms with Gasteiger partial charge in [0.15, 0.2) is 11.5 Å². The van der Waals surface area contributed by atoms with Crippen LogP contribution in [0.3, 0.4) is 0 Å². The number of nitrogens with zero attached hydrogens (tertiary/aromatic N) is 1. The summed E-state index contributed by atoms with van der Waals surface area (Å²) >= 11 is 0. The SMILES string of the molecule is CCC(=O)NC1CCCN(C(=O)c2ccc(OC)c(OC)c2OC)C1. The topological polar surface area (TPSA) is 77.1 Å². The highest BCUT2D eigenvalue weighted by Gasteiger charge is 2.29. The van der Waals surface area contributed by atoms with Crippen LogP contribution in [0.4, 0.5) is 0 Å². The Bertz CT molecular complexity index is 632. The number of likely N-dealkylation sites (tertiary alicyclic amines) is 1. The number of hydrogen-bond acceptors (Lipinski definition) is 5. The van der Waals surface area contributed by atoms with Crippen LogP contribution in [0.5, 0.6) is 17.2 Å². The molecule has 138 valence electrons. The lowest BCUT2D eigenvalue weighted by Crippen LogP contribution is -2.49. The van der Waals surface area contributed by atoms with Gasteiger partial charge in [0, 0.05) is 25.6 Å². The van der Waals surface area contributed by atoms with E-state index in [0.29, 0.717) is 42.3 Å². The molecule has 7 nitrogen and oxygen atoms in total. The third-order valence-corrected chi connectivity index (χ3v) is 4.33. The van der Waals surface area contributed by atoms with Crippen LogP contribution in [0.1, 0.15) is 36.5 Å². The maximum Gasteiger partial charge on any atom is 0.257 e. The zero-order valence-corrected chi connectivity index (χ0v) is 15.3. The number of benzene rings is 1. The minimum Gasteiger partial charge on any atom is -0.493 e. The molecule has 0 bridgehead atoms. The van der Waals surface area contributed by atoms with Crippen LogP contribution in [-0.4, -0.2) is 57.2 Å². The predicted molar refractivity (Wildman–Crippen MR) is 93.5 cm³/mol. The first-order chi connectivity index (χ1) is 12.0. The molecule has 7 heteroatoms. The lowest BCUT2D eigenvalue weighted by atomic mass is 10.0. The molecular formula is C18H26N2O5. The molecule has 1 heterocycles. The summed E-state index contributed by atoms with van der Waals surface area (Å²) in [6.45, 7) is 2.95. The second-order valence-electron chi connectivity index (χ2n) is 5.89. The van der Waals surface area contributed by atoms with Gasteiger partial charge in [0.25, 0.3) is 5.91 Å². The number of methoxy groups -OCH3 is 3. The Morgan fingerprint density at radius 3 is 2.48 bits per heavy atom. The van der Waals surface area contributed by atoms with Crippen molar-refractivity contribution in [3.05, 3.63) is 17.7 Å². The molecule has 2 amide bonds. The molecule has 1 aromatic carbocycles. The number of hydrogen-bond donors (Lipinski definition) is 1. The van der Waals surface area contributed by atoms with E-state index in [1.807, 2.05) is 6.92 Å². The van der Waals surface area contributed by atoms with Crippen LogP contribution in [0.15, 0.2) is 12.1 Å². The molecule has 25 heavy (non-hydrogen) atoms. The molecule has 0 radical (unpaired) electrons. The van der Waals surface area contributed by atoms with Gasteiger partial charge >= 0.3 is 0 Å². The van der Waals surface area contributed by atoms with E-state index in [2.05, 4.69) is 5.32 Å². The maximum absolute atomic E-state index is 13.0. The van der Waals surface area contributed by atoms with E-state index >= 15 is 0 Å². The van der Waals surface area contributed by atoms with Crippen molar-refractivity contribution in [1.29, 1.82) is 0 Å². The van der Waals surface area contributed by atoms with Gasteiger partial charge in [0.05, 0.1) is 26.9 Å². The van der Waals surface area contributed by atoms with Gasteiger partial charge in [-0.2, -0.15) is 0 Å². The van der Waals surface area contributed by atoms with Gasteiger partial charge in [0.1, 0.15) is 0 Å². The molecule has 1 N–H and O–H groups in total. The Balaban J connectivity index is 2.23. The average molecular weight is 350 g/mol. The molecule has 1 fully saturated rings. The fourth-order valence-electron chi connectivity index (χ4n) is 3.05. The summed E-state index contributed by atoms with van der Waals surface area (Å²) in [7, 11) is 4.53. The van der Waals surface area contributed by atoms with Crippen molar-refractivity contribution < 1.29 is 23.8 Å². The zero-order chi connectivity index (χ0) is 18.4. The Labute approximate surface area is 148 Å². The maximum atomic E-state index is 13.0. The lowest BCUT2D eigenvalue weighted by Gasteiger charge is -2.33. The molecule has 0 aromatic heterocycles. The summed E-state index contributed by atoms with van der Waals surface area (Å²) in [4.78, 5) is 26.3. The Hall–Kier alpha value is -2.44. The molecule has 1 aliphatic heterocycles. The normalized spacial score (nSPS) is 17.0. The van der Waals surface area contributed by atoms with Crippen LogP contribution in [0.25, 0.3) is 0 Å². The van der Waals surface area contributed by atoms with E-state index in [1.54, 1.807) is 17.0 Å². The van der Waals surface area contributed by atoms with Gasteiger partial charge < -0.3 is 24.4 Å². The first-order valence-electron chi connectivity index (χ1n) is 8.43. The third-order valence-electron chi connectivity index (χ3n) is 4.33. The van der Waals surface area contributed by atoms with Gasteiger partial charge in [0.2, 0.25) is 11.7 Å². The number of ether oxygens (including phenoxy) is 3. The van der Waals surface area contributed by atoms with E-state index in [1.165, 1.54) is 21.3 Å². The van der Waals surface area contributed by atoms with Crippen LogP contribution >= 0.6 is 0 Å². The summed E-state index contributed by atoms with van der Waals surface area (Å²) in [6, 6.07) is 3.35. The van der Waals surface area contributed by atoms with Crippen molar-refractivity contribution in [2.75, 3.05) is 34.4 Å². The second-order valence-corrected chi connectivity index (χ2v) is 5.89. The monoisotopic (exact) mass is 350 g/mol. The number of amides is 2. The largest absolute Gasteiger partial charge is 0.493 e. The summed E-state index contributed by atoms with van der Waals surface area (Å²) < 4.78 is 16.0. The highest BCUT2D eigenvalue weighted by Crippen LogP contribution is 2.40. The highest BCUT2D eigenvalue weighted by atomic mass is 16.5. The molecule has 1 aromatic rings. The molecular weight excluding hydrogens is 324 g/mol. The van der Waals surface area contributed by atoms with Gasteiger partial charge in [-0.25, -0.2) is 0 Å². The summed E-state index contributed by atoms with van der Waals surface area (Å²) in [6.07, 6.45) is 2.16. The number of carbonyl (C=O) groups excluding carboxylic acids is 2. The highest BCUT2D eigenvalue weighted by molar-refractivity contribution is 5.98. The fourth-order valence-corrected chi connectivity index (χ4v) is 3.05. The summed E-state index contributed by atoms with van der Waals surface area (Å²) in [5, 5.41) is 2.97. The van der Waals surface area contributed by atoms with Crippen LogP contribution in [0, 0.1) is 0 Å². The Kier molecular flexibility index (Phi) is 6.50. The number of nitrogens with one attached hydrogen (secondary N) is 1. The van der Waals surface area contributed by atoms with Gasteiger partial charge in [-0.05, 0) is 25.0 Å². The molecule has 1 saturated heterocycles.